The first kappa shape index (κ1) is 16.0. The Morgan fingerprint density at radius 3 is 2.26 bits per heavy atom. The van der Waals surface area contributed by atoms with Gasteiger partial charge in [-0.1, -0.05) is 37.3 Å². The summed E-state index contributed by atoms with van der Waals surface area (Å²) in [4.78, 5) is 13.8. The summed E-state index contributed by atoms with van der Waals surface area (Å²) in [6.45, 7) is 6.89. The summed E-state index contributed by atoms with van der Waals surface area (Å²) in [5.41, 5.74) is 0.980. The summed E-state index contributed by atoms with van der Waals surface area (Å²) >= 11 is 6.14. The van der Waals surface area contributed by atoms with Gasteiger partial charge in [0.25, 0.3) is 0 Å². The molecule has 0 aliphatic rings. The monoisotopic (exact) mass is 283 g/mol. The fourth-order valence-corrected chi connectivity index (χ4v) is 2.42. The van der Waals surface area contributed by atoms with E-state index in [1.807, 2.05) is 51.1 Å². The van der Waals surface area contributed by atoms with Crippen LogP contribution in [0.2, 0.25) is 0 Å². The van der Waals surface area contributed by atoms with Gasteiger partial charge in [0.15, 0.2) is 0 Å². The van der Waals surface area contributed by atoms with Gasteiger partial charge < -0.3 is 10.0 Å². The number of benzene rings is 1. The van der Waals surface area contributed by atoms with Gasteiger partial charge >= 0.3 is 0 Å². The van der Waals surface area contributed by atoms with Crippen LogP contribution in [-0.2, 0) is 4.79 Å². The molecule has 1 rings (SSSR count). The van der Waals surface area contributed by atoms with Crippen molar-refractivity contribution in [3.8, 4) is 0 Å². The third-order valence-electron chi connectivity index (χ3n) is 3.45. The van der Waals surface area contributed by atoms with E-state index < -0.39 is 11.5 Å². The van der Waals surface area contributed by atoms with E-state index in [0.29, 0.717) is 13.1 Å². The van der Waals surface area contributed by atoms with Crippen LogP contribution >= 0.6 is 11.6 Å². The molecule has 0 fully saturated rings. The van der Waals surface area contributed by atoms with Crippen LogP contribution in [0, 0.1) is 0 Å². The van der Waals surface area contributed by atoms with Crippen molar-refractivity contribution in [3.63, 3.8) is 0 Å². The summed E-state index contributed by atoms with van der Waals surface area (Å²) < 4.78 is 0. The first-order valence-corrected chi connectivity index (χ1v) is 7.12. The Labute approximate surface area is 120 Å². The van der Waals surface area contributed by atoms with Gasteiger partial charge in [-0.05, 0) is 19.4 Å². The maximum absolute atomic E-state index is 12.1. The molecule has 3 atom stereocenters. The molecule has 19 heavy (non-hydrogen) atoms. The van der Waals surface area contributed by atoms with Gasteiger partial charge in [-0.3, -0.25) is 4.79 Å². The van der Waals surface area contributed by atoms with Crippen molar-refractivity contribution < 1.29 is 9.90 Å². The Morgan fingerprint density at radius 2 is 1.79 bits per heavy atom. The van der Waals surface area contributed by atoms with E-state index in [-0.39, 0.29) is 11.8 Å². The van der Waals surface area contributed by atoms with Crippen molar-refractivity contribution >= 4 is 17.5 Å². The highest BCUT2D eigenvalue weighted by atomic mass is 35.5. The molecule has 0 heterocycles. The molecule has 3 nitrogen and oxygen atoms in total. The molecule has 3 unspecified atom stereocenters. The highest BCUT2D eigenvalue weighted by molar-refractivity contribution is 6.31. The molecule has 0 saturated carbocycles. The molecule has 0 aromatic heterocycles. The molecule has 1 aromatic rings. The van der Waals surface area contributed by atoms with E-state index in [9.17, 15) is 9.90 Å². The predicted molar refractivity (Wildman–Crippen MR) is 78.4 cm³/mol. The lowest BCUT2D eigenvalue weighted by molar-refractivity contribution is -0.132. The summed E-state index contributed by atoms with van der Waals surface area (Å²) in [6, 6.07) is 9.60. The number of amides is 1. The van der Waals surface area contributed by atoms with Crippen LogP contribution < -0.4 is 0 Å². The number of carbonyl (C=O) groups is 1. The van der Waals surface area contributed by atoms with Crippen molar-refractivity contribution in [2.45, 2.75) is 38.2 Å². The summed E-state index contributed by atoms with van der Waals surface area (Å²) in [6.07, 6.45) is -0.892. The SMILES string of the molecule is CCN(CC)C(=O)C(Cl)C(O)C(C)c1ccccc1. The van der Waals surface area contributed by atoms with Crippen LogP contribution in [0.4, 0.5) is 0 Å². The van der Waals surface area contributed by atoms with E-state index in [1.165, 1.54) is 0 Å². The van der Waals surface area contributed by atoms with E-state index in [2.05, 4.69) is 0 Å². The second kappa shape index (κ2) is 7.51. The quantitative estimate of drug-likeness (QED) is 0.816. The minimum absolute atomic E-state index is 0.178. The van der Waals surface area contributed by atoms with Crippen molar-refractivity contribution in [1.29, 1.82) is 0 Å². The molecule has 0 aliphatic carbocycles. The second-order valence-electron chi connectivity index (χ2n) is 4.60. The average Bonchev–Trinajstić information content (AvgIpc) is 2.47. The number of alkyl halides is 1. The Kier molecular flexibility index (Phi) is 6.32. The van der Waals surface area contributed by atoms with Crippen molar-refractivity contribution in [3.05, 3.63) is 35.9 Å². The molecular weight excluding hydrogens is 262 g/mol. The highest BCUT2D eigenvalue weighted by Gasteiger charge is 2.31. The lowest BCUT2D eigenvalue weighted by Crippen LogP contribution is -2.43. The van der Waals surface area contributed by atoms with Gasteiger partial charge in [0.05, 0.1) is 6.10 Å². The molecule has 0 aliphatic heterocycles. The van der Waals surface area contributed by atoms with Crippen LogP contribution in [-0.4, -0.2) is 40.5 Å². The van der Waals surface area contributed by atoms with Crippen LogP contribution in [0.1, 0.15) is 32.3 Å². The normalized spacial score (nSPS) is 15.6. The molecule has 4 heteroatoms. The van der Waals surface area contributed by atoms with E-state index >= 15 is 0 Å². The maximum atomic E-state index is 12.1. The molecule has 0 saturated heterocycles. The zero-order valence-corrected chi connectivity index (χ0v) is 12.5. The molecule has 1 N–H and O–H groups in total. The van der Waals surface area contributed by atoms with Crippen LogP contribution in [0.5, 0.6) is 0 Å². The van der Waals surface area contributed by atoms with Crippen LogP contribution in [0.3, 0.4) is 0 Å². The summed E-state index contributed by atoms with van der Waals surface area (Å²) in [5, 5.41) is 9.36. The third-order valence-corrected chi connectivity index (χ3v) is 3.89. The van der Waals surface area contributed by atoms with Gasteiger partial charge in [0.2, 0.25) is 5.91 Å². The van der Waals surface area contributed by atoms with Gasteiger partial charge in [-0.15, -0.1) is 11.6 Å². The number of rotatable bonds is 6. The predicted octanol–water partition coefficient (Wildman–Crippen LogP) is 2.63. The lowest BCUT2D eigenvalue weighted by atomic mass is 9.93. The smallest absolute Gasteiger partial charge is 0.243 e. The first-order chi connectivity index (χ1) is 9.02. The Morgan fingerprint density at radius 1 is 1.26 bits per heavy atom. The molecule has 1 aromatic carbocycles. The highest BCUT2D eigenvalue weighted by Crippen LogP contribution is 2.24. The summed E-state index contributed by atoms with van der Waals surface area (Å²) in [5.74, 6) is -0.384. The van der Waals surface area contributed by atoms with Gasteiger partial charge in [-0.25, -0.2) is 0 Å². The third kappa shape index (κ3) is 3.95. The van der Waals surface area contributed by atoms with Crippen LogP contribution in [0.25, 0.3) is 0 Å². The fourth-order valence-electron chi connectivity index (χ4n) is 2.06. The lowest BCUT2D eigenvalue weighted by Gasteiger charge is -2.27. The largest absolute Gasteiger partial charge is 0.390 e. The Hall–Kier alpha value is -1.06. The van der Waals surface area contributed by atoms with Crippen molar-refractivity contribution in [2.24, 2.45) is 0 Å². The Bertz CT molecular complexity index is 392. The Balaban J connectivity index is 2.76. The van der Waals surface area contributed by atoms with Crippen LogP contribution in [0.15, 0.2) is 30.3 Å². The van der Waals surface area contributed by atoms with E-state index in [4.69, 9.17) is 11.6 Å². The van der Waals surface area contributed by atoms with Gasteiger partial charge in [0, 0.05) is 19.0 Å². The number of halogens is 1. The second-order valence-corrected chi connectivity index (χ2v) is 5.07. The van der Waals surface area contributed by atoms with E-state index in [0.717, 1.165) is 5.56 Å². The average molecular weight is 284 g/mol. The number of hydrogen-bond acceptors (Lipinski definition) is 2. The zero-order valence-electron chi connectivity index (χ0n) is 11.7. The molecular formula is C15H22ClNO2. The first-order valence-electron chi connectivity index (χ1n) is 6.68. The maximum Gasteiger partial charge on any atom is 0.243 e. The fraction of sp³-hybridized carbons (Fsp3) is 0.533. The van der Waals surface area contributed by atoms with E-state index in [1.54, 1.807) is 4.90 Å². The summed E-state index contributed by atoms with van der Waals surface area (Å²) in [7, 11) is 0. The minimum atomic E-state index is -0.907. The van der Waals surface area contributed by atoms with Crippen molar-refractivity contribution in [1.82, 2.24) is 4.90 Å². The topological polar surface area (TPSA) is 40.5 Å². The number of carbonyl (C=O) groups excluding carboxylic acids is 1. The molecule has 1 amide bonds. The zero-order chi connectivity index (χ0) is 14.4. The number of nitrogens with zero attached hydrogens (tertiary/aromatic N) is 1. The van der Waals surface area contributed by atoms with Crippen molar-refractivity contribution in [2.75, 3.05) is 13.1 Å². The number of hydrogen-bond donors (Lipinski definition) is 1. The number of aliphatic hydroxyl groups is 1. The standard InChI is InChI=1S/C15H22ClNO2/c1-4-17(5-2)15(19)13(16)14(18)11(3)12-9-7-6-8-10-12/h6-11,13-14,18H,4-5H2,1-3H3. The molecule has 0 bridgehead atoms. The minimum Gasteiger partial charge on any atom is -0.390 e. The van der Waals surface area contributed by atoms with Gasteiger partial charge in [0.1, 0.15) is 5.38 Å². The molecule has 106 valence electrons. The van der Waals surface area contributed by atoms with Gasteiger partial charge in [-0.2, -0.15) is 0 Å². The number of aliphatic hydroxyl groups excluding tert-OH is 1. The molecule has 0 spiro atoms. The molecule has 0 radical (unpaired) electrons.